The van der Waals surface area contributed by atoms with Crippen LogP contribution < -0.4 is 14.8 Å². The Morgan fingerprint density at radius 2 is 1.62 bits per heavy atom. The van der Waals surface area contributed by atoms with Gasteiger partial charge in [-0.3, -0.25) is 9.48 Å². The summed E-state index contributed by atoms with van der Waals surface area (Å²) in [6.07, 6.45) is -4.42. The maximum atomic E-state index is 13.0. The number of halogens is 3. The number of alkyl halides is 3. The third-order valence-electron chi connectivity index (χ3n) is 5.89. The van der Waals surface area contributed by atoms with Crippen LogP contribution in [0.5, 0.6) is 11.5 Å². The molecule has 37 heavy (non-hydrogen) atoms. The largest absolute Gasteiger partial charge is 0.497 e. The third kappa shape index (κ3) is 6.30. The maximum Gasteiger partial charge on any atom is 0.416 e. The van der Waals surface area contributed by atoms with Gasteiger partial charge in [-0.05, 0) is 73.5 Å². The highest BCUT2D eigenvalue weighted by atomic mass is 19.4. The molecule has 0 aliphatic carbocycles. The van der Waals surface area contributed by atoms with E-state index in [1.807, 2.05) is 36.4 Å². The standard InChI is InChI=1S/C28H26F3N3O3/c1-18-26(19(2)34(33-18)16-21-5-4-6-23(15-21)28(29,30)31)32-27(35)22-9-7-20(8-10-22)17-37-25-13-11-24(36-3)12-14-25/h4-15H,16-17H2,1-3H3,(H,32,35). The van der Waals surface area contributed by atoms with Crippen molar-refractivity contribution < 1.29 is 27.4 Å². The molecule has 0 unspecified atom stereocenters. The summed E-state index contributed by atoms with van der Waals surface area (Å²) in [5.74, 6) is 1.14. The second-order valence-electron chi connectivity index (χ2n) is 8.52. The minimum Gasteiger partial charge on any atom is -0.497 e. The molecule has 0 atom stereocenters. The number of hydrogen-bond acceptors (Lipinski definition) is 4. The zero-order valence-electron chi connectivity index (χ0n) is 20.6. The molecule has 0 spiro atoms. The number of ether oxygens (including phenoxy) is 2. The first-order valence-electron chi connectivity index (χ1n) is 11.5. The Bertz CT molecular complexity index is 1380. The van der Waals surface area contributed by atoms with E-state index in [1.165, 1.54) is 6.07 Å². The Morgan fingerprint density at radius 3 is 2.27 bits per heavy atom. The van der Waals surface area contributed by atoms with Crippen LogP contribution in [0.4, 0.5) is 18.9 Å². The zero-order valence-corrected chi connectivity index (χ0v) is 20.6. The van der Waals surface area contributed by atoms with Gasteiger partial charge < -0.3 is 14.8 Å². The van der Waals surface area contributed by atoms with Crippen molar-refractivity contribution in [3.05, 3.63) is 106 Å². The van der Waals surface area contributed by atoms with E-state index in [9.17, 15) is 18.0 Å². The Labute approximate surface area is 212 Å². The van der Waals surface area contributed by atoms with E-state index in [1.54, 1.807) is 43.8 Å². The summed E-state index contributed by atoms with van der Waals surface area (Å²) in [6, 6.07) is 19.4. The molecule has 0 fully saturated rings. The molecule has 6 nitrogen and oxygen atoms in total. The zero-order chi connectivity index (χ0) is 26.6. The smallest absolute Gasteiger partial charge is 0.416 e. The van der Waals surface area contributed by atoms with Crippen LogP contribution in [0, 0.1) is 13.8 Å². The molecule has 4 aromatic rings. The van der Waals surface area contributed by atoms with Crippen molar-refractivity contribution in [1.29, 1.82) is 0 Å². The number of rotatable bonds is 8. The molecule has 0 saturated carbocycles. The van der Waals surface area contributed by atoms with Crippen molar-refractivity contribution in [2.45, 2.75) is 33.2 Å². The van der Waals surface area contributed by atoms with Gasteiger partial charge in [-0.25, -0.2) is 0 Å². The molecule has 1 N–H and O–H groups in total. The van der Waals surface area contributed by atoms with Gasteiger partial charge in [0.2, 0.25) is 0 Å². The topological polar surface area (TPSA) is 65.4 Å². The van der Waals surface area contributed by atoms with E-state index in [4.69, 9.17) is 9.47 Å². The fourth-order valence-corrected chi connectivity index (χ4v) is 3.83. The lowest BCUT2D eigenvalue weighted by Gasteiger charge is -2.10. The fraction of sp³-hybridized carbons (Fsp3) is 0.214. The van der Waals surface area contributed by atoms with Crippen molar-refractivity contribution in [2.75, 3.05) is 12.4 Å². The lowest BCUT2D eigenvalue weighted by Crippen LogP contribution is -2.13. The Balaban J connectivity index is 1.40. The number of amides is 1. The average Bonchev–Trinajstić information content (AvgIpc) is 3.15. The fourth-order valence-electron chi connectivity index (χ4n) is 3.83. The molecule has 4 rings (SSSR count). The SMILES string of the molecule is COc1ccc(OCc2ccc(C(=O)Nc3c(C)nn(Cc4cccc(C(F)(F)F)c4)c3C)cc2)cc1. The summed E-state index contributed by atoms with van der Waals surface area (Å²) in [4.78, 5) is 12.9. The van der Waals surface area contributed by atoms with Gasteiger partial charge in [0.05, 0.1) is 36.3 Å². The molecule has 0 radical (unpaired) electrons. The highest BCUT2D eigenvalue weighted by molar-refractivity contribution is 6.04. The van der Waals surface area contributed by atoms with Gasteiger partial charge in [0.25, 0.3) is 5.91 Å². The summed E-state index contributed by atoms with van der Waals surface area (Å²) in [7, 11) is 1.60. The van der Waals surface area contributed by atoms with Crippen molar-refractivity contribution in [2.24, 2.45) is 0 Å². The summed E-state index contributed by atoms with van der Waals surface area (Å²) >= 11 is 0. The van der Waals surface area contributed by atoms with E-state index >= 15 is 0 Å². The molecule has 1 heterocycles. The maximum absolute atomic E-state index is 13.0. The van der Waals surface area contributed by atoms with Crippen LogP contribution in [-0.2, 0) is 19.3 Å². The minimum absolute atomic E-state index is 0.148. The Hall–Kier alpha value is -4.27. The van der Waals surface area contributed by atoms with Crippen LogP contribution in [0.1, 0.15) is 38.4 Å². The number of carbonyl (C=O) groups is 1. The van der Waals surface area contributed by atoms with Crippen LogP contribution in [0.25, 0.3) is 0 Å². The number of aryl methyl sites for hydroxylation is 1. The lowest BCUT2D eigenvalue weighted by atomic mass is 10.1. The Morgan fingerprint density at radius 1 is 0.946 bits per heavy atom. The molecular formula is C28H26F3N3O3. The quantitative estimate of drug-likeness (QED) is 0.298. The van der Waals surface area contributed by atoms with E-state index in [0.717, 1.165) is 23.4 Å². The molecule has 3 aromatic carbocycles. The van der Waals surface area contributed by atoms with Crippen molar-refractivity contribution >= 4 is 11.6 Å². The third-order valence-corrected chi connectivity index (χ3v) is 5.89. The van der Waals surface area contributed by atoms with Gasteiger partial charge in [-0.1, -0.05) is 24.3 Å². The Kier molecular flexibility index (Phi) is 7.52. The molecule has 0 bridgehead atoms. The predicted molar refractivity (Wildman–Crippen MR) is 134 cm³/mol. The van der Waals surface area contributed by atoms with Crippen LogP contribution in [-0.4, -0.2) is 22.8 Å². The van der Waals surface area contributed by atoms with Crippen LogP contribution in [0.3, 0.4) is 0 Å². The molecule has 1 amide bonds. The molecule has 0 saturated heterocycles. The highest BCUT2D eigenvalue weighted by Gasteiger charge is 2.30. The summed E-state index contributed by atoms with van der Waals surface area (Å²) in [5, 5.41) is 7.30. The van der Waals surface area contributed by atoms with Crippen molar-refractivity contribution in [3.8, 4) is 11.5 Å². The molecular weight excluding hydrogens is 483 g/mol. The van der Waals surface area contributed by atoms with Gasteiger partial charge in [0.1, 0.15) is 18.1 Å². The second-order valence-corrected chi connectivity index (χ2v) is 8.52. The number of nitrogens with one attached hydrogen (secondary N) is 1. The first-order chi connectivity index (χ1) is 17.6. The number of nitrogens with zero attached hydrogens (tertiary/aromatic N) is 2. The van der Waals surface area contributed by atoms with Crippen molar-refractivity contribution in [3.63, 3.8) is 0 Å². The van der Waals surface area contributed by atoms with E-state index < -0.39 is 11.7 Å². The van der Waals surface area contributed by atoms with Gasteiger partial charge in [0.15, 0.2) is 0 Å². The summed E-state index contributed by atoms with van der Waals surface area (Å²) in [6.45, 7) is 4.00. The summed E-state index contributed by atoms with van der Waals surface area (Å²) in [5.41, 5.74) is 2.86. The van der Waals surface area contributed by atoms with Crippen LogP contribution >= 0.6 is 0 Å². The predicted octanol–water partition coefficient (Wildman–Crippen LogP) is 6.41. The lowest BCUT2D eigenvalue weighted by molar-refractivity contribution is -0.137. The monoisotopic (exact) mass is 509 g/mol. The number of aromatic nitrogens is 2. The van der Waals surface area contributed by atoms with Crippen molar-refractivity contribution in [1.82, 2.24) is 9.78 Å². The number of methoxy groups -OCH3 is 1. The molecule has 1 aromatic heterocycles. The number of benzene rings is 3. The number of anilines is 1. The van der Waals surface area contributed by atoms with Gasteiger partial charge in [-0.15, -0.1) is 0 Å². The minimum atomic E-state index is -4.42. The van der Waals surface area contributed by atoms with Crippen LogP contribution in [0.15, 0.2) is 72.8 Å². The van der Waals surface area contributed by atoms with E-state index in [-0.39, 0.29) is 12.5 Å². The first-order valence-corrected chi connectivity index (χ1v) is 11.5. The number of carbonyl (C=O) groups excluding carboxylic acids is 1. The molecule has 0 aliphatic rings. The van der Waals surface area contributed by atoms with E-state index in [0.29, 0.717) is 40.6 Å². The first kappa shape index (κ1) is 25.8. The average molecular weight is 510 g/mol. The highest BCUT2D eigenvalue weighted by Crippen LogP contribution is 2.30. The number of hydrogen-bond donors (Lipinski definition) is 1. The van der Waals surface area contributed by atoms with Gasteiger partial charge in [0, 0.05) is 5.56 Å². The summed E-state index contributed by atoms with van der Waals surface area (Å²) < 4.78 is 51.6. The molecule has 0 aliphatic heterocycles. The van der Waals surface area contributed by atoms with Gasteiger partial charge >= 0.3 is 6.18 Å². The molecule has 192 valence electrons. The molecule has 9 heteroatoms. The van der Waals surface area contributed by atoms with Gasteiger partial charge in [-0.2, -0.15) is 18.3 Å². The van der Waals surface area contributed by atoms with Crippen LogP contribution in [0.2, 0.25) is 0 Å². The normalized spacial score (nSPS) is 11.3. The van der Waals surface area contributed by atoms with E-state index in [2.05, 4.69) is 10.4 Å². The second kappa shape index (κ2) is 10.8.